The summed E-state index contributed by atoms with van der Waals surface area (Å²) in [5, 5.41) is 2.75. The monoisotopic (exact) mass is 431 g/mol. The van der Waals surface area contributed by atoms with Gasteiger partial charge in [-0.3, -0.25) is 9.59 Å². The fraction of sp³-hybridized carbons (Fsp3) is 0.333. The predicted molar refractivity (Wildman–Crippen MR) is 113 cm³/mol. The van der Waals surface area contributed by atoms with Crippen LogP contribution >= 0.6 is 0 Å². The first-order chi connectivity index (χ1) is 14.3. The minimum absolute atomic E-state index is 0.140. The summed E-state index contributed by atoms with van der Waals surface area (Å²) in [6, 6.07) is 11.0. The van der Waals surface area contributed by atoms with Gasteiger partial charge in [-0.2, -0.15) is 4.31 Å². The van der Waals surface area contributed by atoms with Gasteiger partial charge in [0.2, 0.25) is 21.8 Å². The van der Waals surface area contributed by atoms with E-state index < -0.39 is 15.9 Å². The first-order valence-corrected chi connectivity index (χ1v) is 11.1. The molecule has 160 valence electrons. The summed E-state index contributed by atoms with van der Waals surface area (Å²) in [6.07, 6.45) is 2.19. The maximum Gasteiger partial charge on any atom is 0.248 e. The molecule has 2 amide bonds. The molecule has 0 aromatic heterocycles. The summed E-state index contributed by atoms with van der Waals surface area (Å²) < 4.78 is 32.5. The van der Waals surface area contributed by atoms with Crippen LogP contribution in [0.25, 0.3) is 0 Å². The molecule has 0 unspecified atom stereocenters. The summed E-state index contributed by atoms with van der Waals surface area (Å²) in [7, 11) is -2.04. The zero-order valence-electron chi connectivity index (χ0n) is 16.8. The van der Waals surface area contributed by atoms with Crippen LogP contribution in [0.1, 0.15) is 35.2 Å². The van der Waals surface area contributed by atoms with Crippen molar-refractivity contribution in [1.29, 1.82) is 0 Å². The van der Waals surface area contributed by atoms with E-state index in [0.717, 1.165) is 12.8 Å². The number of primary amides is 1. The molecule has 30 heavy (non-hydrogen) atoms. The maximum absolute atomic E-state index is 12.8. The molecule has 1 aliphatic rings. The highest BCUT2D eigenvalue weighted by Crippen LogP contribution is 2.27. The largest absolute Gasteiger partial charge is 0.496 e. The van der Waals surface area contributed by atoms with Crippen molar-refractivity contribution in [3.63, 3.8) is 0 Å². The lowest BCUT2D eigenvalue weighted by Crippen LogP contribution is -2.28. The third kappa shape index (κ3) is 4.98. The summed E-state index contributed by atoms with van der Waals surface area (Å²) in [4.78, 5) is 23.6. The average Bonchev–Trinajstić information content (AvgIpc) is 3.28. The molecule has 0 radical (unpaired) electrons. The van der Waals surface area contributed by atoms with Crippen molar-refractivity contribution in [2.24, 2.45) is 5.73 Å². The number of hydrogen-bond donors (Lipinski definition) is 2. The Balaban J connectivity index is 1.69. The number of carbonyl (C=O) groups is 2. The van der Waals surface area contributed by atoms with Crippen molar-refractivity contribution >= 4 is 27.5 Å². The Bertz CT molecular complexity index is 1030. The van der Waals surface area contributed by atoms with Crippen molar-refractivity contribution in [1.82, 2.24) is 4.31 Å². The average molecular weight is 432 g/mol. The van der Waals surface area contributed by atoms with Crippen LogP contribution in [0.4, 0.5) is 5.69 Å². The van der Waals surface area contributed by atoms with Gasteiger partial charge in [-0.1, -0.05) is 0 Å². The highest BCUT2D eigenvalue weighted by Gasteiger charge is 2.27. The van der Waals surface area contributed by atoms with Crippen LogP contribution in [-0.4, -0.2) is 44.7 Å². The molecule has 0 bridgehead atoms. The number of ether oxygens (including phenoxy) is 1. The third-order valence-electron chi connectivity index (χ3n) is 5.03. The highest BCUT2D eigenvalue weighted by molar-refractivity contribution is 7.89. The Morgan fingerprint density at radius 1 is 1.10 bits per heavy atom. The standard InChI is InChI=1S/C21H25N3O5S/c1-29-19-10-9-18(30(27,28)24-12-2-3-13-24)14-16(19)6-11-20(25)23-17-7-4-15(5-8-17)21(22)26/h4-5,7-10,14H,2-3,6,11-13H2,1H3,(H2,22,26)(H,23,25). The number of nitrogens with zero attached hydrogens (tertiary/aromatic N) is 1. The number of nitrogens with one attached hydrogen (secondary N) is 1. The second-order valence-electron chi connectivity index (χ2n) is 7.07. The van der Waals surface area contributed by atoms with E-state index in [2.05, 4.69) is 5.32 Å². The predicted octanol–water partition coefficient (Wildman–Crippen LogP) is 2.15. The number of carbonyl (C=O) groups excluding carboxylic acids is 2. The SMILES string of the molecule is COc1ccc(S(=O)(=O)N2CCCC2)cc1CCC(=O)Nc1ccc(C(N)=O)cc1. The summed E-state index contributed by atoms with van der Waals surface area (Å²) in [6.45, 7) is 1.06. The molecule has 1 saturated heterocycles. The van der Waals surface area contributed by atoms with E-state index in [0.29, 0.717) is 42.1 Å². The molecule has 0 aliphatic carbocycles. The van der Waals surface area contributed by atoms with Gasteiger partial charge in [-0.15, -0.1) is 0 Å². The lowest BCUT2D eigenvalue weighted by molar-refractivity contribution is -0.116. The molecule has 1 aliphatic heterocycles. The minimum Gasteiger partial charge on any atom is -0.496 e. The van der Waals surface area contributed by atoms with Crippen molar-refractivity contribution in [2.75, 3.05) is 25.5 Å². The lowest BCUT2D eigenvalue weighted by Gasteiger charge is -2.17. The van der Waals surface area contributed by atoms with Crippen LogP contribution in [0.5, 0.6) is 5.75 Å². The molecular weight excluding hydrogens is 406 g/mol. The topological polar surface area (TPSA) is 119 Å². The van der Waals surface area contributed by atoms with Crippen LogP contribution < -0.4 is 15.8 Å². The number of amides is 2. The van der Waals surface area contributed by atoms with Gasteiger partial charge in [0.05, 0.1) is 12.0 Å². The molecule has 2 aromatic carbocycles. The van der Waals surface area contributed by atoms with Crippen molar-refractivity contribution in [3.05, 3.63) is 53.6 Å². The second kappa shape index (κ2) is 9.27. The summed E-state index contributed by atoms with van der Waals surface area (Å²) in [5.41, 5.74) is 6.75. The lowest BCUT2D eigenvalue weighted by atomic mass is 10.1. The molecule has 8 nitrogen and oxygen atoms in total. The number of rotatable bonds is 8. The molecule has 2 aromatic rings. The molecule has 9 heteroatoms. The van der Waals surface area contributed by atoms with Crippen LogP contribution in [-0.2, 0) is 21.2 Å². The fourth-order valence-corrected chi connectivity index (χ4v) is 4.95. The third-order valence-corrected chi connectivity index (χ3v) is 6.92. The number of sulfonamides is 1. The van der Waals surface area contributed by atoms with E-state index >= 15 is 0 Å². The zero-order chi connectivity index (χ0) is 21.7. The molecule has 1 heterocycles. The highest BCUT2D eigenvalue weighted by atomic mass is 32.2. The van der Waals surface area contributed by atoms with Gasteiger partial charge in [0.15, 0.2) is 0 Å². The van der Waals surface area contributed by atoms with Crippen LogP contribution in [0.15, 0.2) is 47.4 Å². The Kier molecular flexibility index (Phi) is 6.73. The Morgan fingerprint density at radius 3 is 2.37 bits per heavy atom. The summed E-state index contributed by atoms with van der Waals surface area (Å²) >= 11 is 0. The fourth-order valence-electron chi connectivity index (χ4n) is 3.38. The number of methoxy groups -OCH3 is 1. The van der Waals surface area contributed by atoms with Gasteiger partial charge in [-0.25, -0.2) is 8.42 Å². The van der Waals surface area contributed by atoms with Gasteiger partial charge in [0.25, 0.3) is 0 Å². The molecular formula is C21H25N3O5S. The normalized spacial score (nSPS) is 14.4. The molecule has 3 N–H and O–H groups in total. The Labute approximate surface area is 176 Å². The van der Waals surface area contributed by atoms with Gasteiger partial charge >= 0.3 is 0 Å². The van der Waals surface area contributed by atoms with Gasteiger partial charge in [0.1, 0.15) is 5.75 Å². The molecule has 1 fully saturated rings. The van der Waals surface area contributed by atoms with Crippen molar-refractivity contribution in [3.8, 4) is 5.75 Å². The molecule has 0 saturated carbocycles. The first kappa shape index (κ1) is 21.8. The number of aryl methyl sites for hydroxylation is 1. The molecule has 0 atom stereocenters. The van der Waals surface area contributed by atoms with Crippen LogP contribution in [0.2, 0.25) is 0 Å². The van der Waals surface area contributed by atoms with E-state index in [1.807, 2.05) is 0 Å². The number of benzene rings is 2. The van der Waals surface area contributed by atoms with Crippen LogP contribution in [0.3, 0.4) is 0 Å². The molecule has 3 rings (SSSR count). The van der Waals surface area contributed by atoms with E-state index in [4.69, 9.17) is 10.5 Å². The number of anilines is 1. The van der Waals surface area contributed by atoms with E-state index in [9.17, 15) is 18.0 Å². The quantitative estimate of drug-likeness (QED) is 0.664. The second-order valence-corrected chi connectivity index (χ2v) is 9.01. The van der Waals surface area contributed by atoms with Gasteiger partial charge < -0.3 is 15.8 Å². The Morgan fingerprint density at radius 2 is 1.77 bits per heavy atom. The molecule has 0 spiro atoms. The van der Waals surface area contributed by atoms with Crippen molar-refractivity contribution in [2.45, 2.75) is 30.6 Å². The zero-order valence-corrected chi connectivity index (χ0v) is 17.6. The minimum atomic E-state index is -3.54. The number of nitrogens with two attached hydrogens (primary N) is 1. The maximum atomic E-state index is 12.8. The van der Waals surface area contributed by atoms with Gasteiger partial charge in [0, 0.05) is 30.8 Å². The van der Waals surface area contributed by atoms with E-state index in [-0.39, 0.29) is 17.2 Å². The summed E-state index contributed by atoms with van der Waals surface area (Å²) in [5.74, 6) is -0.241. The first-order valence-electron chi connectivity index (χ1n) is 9.68. The van der Waals surface area contributed by atoms with Crippen LogP contribution in [0, 0.1) is 0 Å². The smallest absolute Gasteiger partial charge is 0.248 e. The van der Waals surface area contributed by atoms with E-state index in [1.54, 1.807) is 24.3 Å². The Hall–Kier alpha value is -2.91. The van der Waals surface area contributed by atoms with Crippen molar-refractivity contribution < 1.29 is 22.7 Å². The number of hydrogen-bond acceptors (Lipinski definition) is 5. The van der Waals surface area contributed by atoms with E-state index in [1.165, 1.54) is 29.6 Å². The van der Waals surface area contributed by atoms with Gasteiger partial charge in [-0.05, 0) is 67.3 Å².